The molecule has 0 atom stereocenters. The number of halogens is 3. The van der Waals surface area contributed by atoms with Gasteiger partial charge in [-0.05, 0) is 23.9 Å². The Labute approximate surface area is 113 Å². The number of hydrogen-bond donors (Lipinski definition) is 1. The quantitative estimate of drug-likeness (QED) is 0.844. The summed E-state index contributed by atoms with van der Waals surface area (Å²) in [5.74, 6) is -1.17. The minimum atomic E-state index is -4.44. The van der Waals surface area contributed by atoms with Gasteiger partial charge in [-0.3, -0.25) is 0 Å². The number of nitrogen functional groups attached to an aromatic ring is 1. The number of rotatable bonds is 5. The normalized spacial score (nSPS) is 12.4. The van der Waals surface area contributed by atoms with E-state index in [1.54, 1.807) is 0 Å². The second kappa shape index (κ2) is 5.91. The molecule has 4 nitrogen and oxygen atoms in total. The summed E-state index contributed by atoms with van der Waals surface area (Å²) < 4.78 is 64.6. The average molecular weight is 315 g/mol. The summed E-state index contributed by atoms with van der Waals surface area (Å²) in [5.41, 5.74) is 1.34. The third kappa shape index (κ3) is 4.83. The summed E-state index contributed by atoms with van der Waals surface area (Å²) in [4.78, 5) is -0.160. The molecule has 0 bridgehead atoms. The molecule has 0 amide bonds. The summed E-state index contributed by atoms with van der Waals surface area (Å²) in [6.45, 7) is 0. The SMILES string of the molecule is COc1cc(N)ccc1S(=O)(=O)CCSC(F)(F)F. The number of anilines is 1. The molecule has 0 spiro atoms. The highest BCUT2D eigenvalue weighted by Gasteiger charge is 2.29. The van der Waals surface area contributed by atoms with Crippen LogP contribution in [-0.2, 0) is 9.84 Å². The smallest absolute Gasteiger partial charge is 0.441 e. The highest BCUT2D eigenvalue weighted by Crippen LogP contribution is 2.32. The molecule has 0 unspecified atom stereocenters. The maximum Gasteiger partial charge on any atom is 0.441 e. The zero-order chi connectivity index (χ0) is 14.7. The monoisotopic (exact) mass is 315 g/mol. The first-order chi connectivity index (χ1) is 8.65. The van der Waals surface area contributed by atoms with Crippen molar-refractivity contribution in [3.8, 4) is 5.75 Å². The first-order valence-electron chi connectivity index (χ1n) is 5.02. The Kier molecular flexibility index (Phi) is 4.97. The van der Waals surface area contributed by atoms with Gasteiger partial charge in [0.25, 0.3) is 0 Å². The second-order valence-electron chi connectivity index (χ2n) is 3.52. The highest BCUT2D eigenvalue weighted by molar-refractivity contribution is 8.01. The molecule has 0 aliphatic carbocycles. The van der Waals surface area contributed by atoms with Crippen molar-refractivity contribution in [3.63, 3.8) is 0 Å². The lowest BCUT2D eigenvalue weighted by atomic mass is 10.3. The Balaban J connectivity index is 2.89. The van der Waals surface area contributed by atoms with Crippen molar-refractivity contribution in [3.05, 3.63) is 18.2 Å². The van der Waals surface area contributed by atoms with Crippen LogP contribution in [0.15, 0.2) is 23.1 Å². The van der Waals surface area contributed by atoms with Crippen LogP contribution in [0.3, 0.4) is 0 Å². The Morgan fingerprint density at radius 1 is 1.37 bits per heavy atom. The molecular weight excluding hydrogens is 303 g/mol. The van der Waals surface area contributed by atoms with Gasteiger partial charge in [0.2, 0.25) is 0 Å². The summed E-state index contributed by atoms with van der Waals surface area (Å²) >= 11 is -0.373. The number of benzene rings is 1. The maximum absolute atomic E-state index is 12.0. The number of sulfone groups is 1. The van der Waals surface area contributed by atoms with Gasteiger partial charge in [-0.2, -0.15) is 13.2 Å². The van der Waals surface area contributed by atoms with Crippen LogP contribution in [0.1, 0.15) is 0 Å². The minimum absolute atomic E-state index is 0.0250. The Hall–Kier alpha value is -1.09. The summed E-state index contributed by atoms with van der Waals surface area (Å²) in [6, 6.07) is 3.89. The third-order valence-electron chi connectivity index (χ3n) is 2.14. The number of alkyl halides is 3. The second-order valence-corrected chi connectivity index (χ2v) is 6.76. The Morgan fingerprint density at radius 2 is 2.00 bits per heavy atom. The van der Waals surface area contributed by atoms with Crippen molar-refractivity contribution >= 4 is 27.3 Å². The molecule has 19 heavy (non-hydrogen) atoms. The Morgan fingerprint density at radius 3 is 2.53 bits per heavy atom. The first-order valence-corrected chi connectivity index (χ1v) is 7.66. The molecule has 108 valence electrons. The van der Waals surface area contributed by atoms with Crippen LogP contribution in [0.2, 0.25) is 0 Å². The summed E-state index contributed by atoms with van der Waals surface area (Å²) in [5, 5.41) is 0. The lowest BCUT2D eigenvalue weighted by Crippen LogP contribution is -2.13. The maximum atomic E-state index is 12.0. The minimum Gasteiger partial charge on any atom is -0.495 e. The topological polar surface area (TPSA) is 69.4 Å². The van der Waals surface area contributed by atoms with Crippen LogP contribution >= 0.6 is 11.8 Å². The molecule has 0 saturated heterocycles. The van der Waals surface area contributed by atoms with E-state index in [1.165, 1.54) is 25.3 Å². The fourth-order valence-corrected chi connectivity index (χ4v) is 3.70. The van der Waals surface area contributed by atoms with E-state index >= 15 is 0 Å². The van der Waals surface area contributed by atoms with Gasteiger partial charge in [0.05, 0.1) is 12.9 Å². The van der Waals surface area contributed by atoms with E-state index in [-0.39, 0.29) is 22.4 Å². The molecule has 0 fully saturated rings. The fourth-order valence-electron chi connectivity index (χ4n) is 1.32. The van der Waals surface area contributed by atoms with Crippen molar-refractivity contribution in [2.24, 2.45) is 0 Å². The molecule has 9 heteroatoms. The van der Waals surface area contributed by atoms with Gasteiger partial charge in [0, 0.05) is 17.5 Å². The van der Waals surface area contributed by atoms with Crippen LogP contribution in [0.25, 0.3) is 0 Å². The van der Waals surface area contributed by atoms with Crippen molar-refractivity contribution in [1.29, 1.82) is 0 Å². The molecular formula is C10H12F3NO3S2. The van der Waals surface area contributed by atoms with E-state index in [1.807, 2.05) is 0 Å². The van der Waals surface area contributed by atoms with Crippen molar-refractivity contribution in [2.45, 2.75) is 10.4 Å². The molecule has 0 radical (unpaired) electrons. The number of ether oxygens (including phenoxy) is 1. The standard InChI is InChI=1S/C10H12F3NO3S2/c1-17-8-6-7(14)2-3-9(8)19(15,16)5-4-18-10(11,12)13/h2-3,6H,4-5,14H2,1H3. The van der Waals surface area contributed by atoms with E-state index < -0.39 is 26.9 Å². The molecule has 1 rings (SSSR count). The summed E-state index contributed by atoms with van der Waals surface area (Å²) in [7, 11) is -2.58. The van der Waals surface area contributed by atoms with Gasteiger partial charge < -0.3 is 10.5 Å². The first kappa shape index (κ1) is 16.0. The van der Waals surface area contributed by atoms with Crippen LogP contribution < -0.4 is 10.5 Å². The van der Waals surface area contributed by atoms with Crippen molar-refractivity contribution < 1.29 is 26.3 Å². The molecule has 0 saturated carbocycles. The number of thioether (sulfide) groups is 1. The lowest BCUT2D eigenvalue weighted by Gasteiger charge is -2.10. The third-order valence-corrected chi connectivity index (χ3v) is 4.88. The van der Waals surface area contributed by atoms with E-state index in [2.05, 4.69) is 0 Å². The van der Waals surface area contributed by atoms with Gasteiger partial charge in [0.15, 0.2) is 9.84 Å². The van der Waals surface area contributed by atoms with Crippen LogP contribution in [-0.4, -0.2) is 32.5 Å². The molecule has 1 aromatic rings. The predicted octanol–water partition coefficient (Wildman–Crippen LogP) is 2.30. The summed E-state index contributed by atoms with van der Waals surface area (Å²) in [6.07, 6.45) is 0. The predicted molar refractivity (Wildman–Crippen MR) is 68.0 cm³/mol. The zero-order valence-corrected chi connectivity index (χ0v) is 11.5. The average Bonchev–Trinajstić information content (AvgIpc) is 2.26. The molecule has 0 aliphatic heterocycles. The highest BCUT2D eigenvalue weighted by atomic mass is 32.2. The van der Waals surface area contributed by atoms with Gasteiger partial charge >= 0.3 is 5.51 Å². The van der Waals surface area contributed by atoms with Gasteiger partial charge in [-0.1, -0.05) is 0 Å². The lowest BCUT2D eigenvalue weighted by molar-refractivity contribution is -0.0326. The van der Waals surface area contributed by atoms with E-state index in [0.717, 1.165) is 0 Å². The van der Waals surface area contributed by atoms with E-state index in [0.29, 0.717) is 5.69 Å². The molecule has 0 aromatic heterocycles. The largest absolute Gasteiger partial charge is 0.495 e. The van der Waals surface area contributed by atoms with Crippen molar-refractivity contribution in [1.82, 2.24) is 0 Å². The fraction of sp³-hybridized carbons (Fsp3) is 0.400. The number of methoxy groups -OCH3 is 1. The van der Waals surface area contributed by atoms with Crippen molar-refractivity contribution in [2.75, 3.05) is 24.3 Å². The number of hydrogen-bond acceptors (Lipinski definition) is 5. The number of nitrogens with two attached hydrogens (primary N) is 1. The van der Waals surface area contributed by atoms with E-state index in [4.69, 9.17) is 10.5 Å². The van der Waals surface area contributed by atoms with Crippen LogP contribution in [0.4, 0.5) is 18.9 Å². The molecule has 2 N–H and O–H groups in total. The van der Waals surface area contributed by atoms with Gasteiger partial charge in [-0.15, -0.1) is 0 Å². The molecule has 1 aromatic carbocycles. The Bertz CT molecular complexity index is 543. The van der Waals surface area contributed by atoms with Gasteiger partial charge in [0.1, 0.15) is 10.6 Å². The van der Waals surface area contributed by atoms with Crippen LogP contribution in [0, 0.1) is 0 Å². The molecule has 0 heterocycles. The van der Waals surface area contributed by atoms with Crippen LogP contribution in [0.5, 0.6) is 5.75 Å². The molecule has 0 aliphatic rings. The zero-order valence-electron chi connectivity index (χ0n) is 9.90. The van der Waals surface area contributed by atoms with Gasteiger partial charge in [-0.25, -0.2) is 8.42 Å². The van der Waals surface area contributed by atoms with E-state index in [9.17, 15) is 21.6 Å².